The van der Waals surface area contributed by atoms with E-state index in [2.05, 4.69) is 9.97 Å². The van der Waals surface area contributed by atoms with Crippen LogP contribution in [0.5, 0.6) is 5.88 Å². The summed E-state index contributed by atoms with van der Waals surface area (Å²) in [7, 11) is 0. The lowest BCUT2D eigenvalue weighted by atomic mass is 10.1. The zero-order valence-corrected chi connectivity index (χ0v) is 12.4. The van der Waals surface area contributed by atoms with Crippen LogP contribution in [0.2, 0.25) is 0 Å². The van der Waals surface area contributed by atoms with Gasteiger partial charge in [0.25, 0.3) is 5.91 Å². The lowest BCUT2D eigenvalue weighted by Gasteiger charge is -2.23. The third-order valence-electron chi connectivity index (χ3n) is 4.04. The van der Waals surface area contributed by atoms with Gasteiger partial charge in [0, 0.05) is 31.7 Å². The van der Waals surface area contributed by atoms with E-state index in [1.807, 2.05) is 11.8 Å². The first-order valence-corrected chi connectivity index (χ1v) is 7.65. The molecule has 0 aliphatic carbocycles. The number of carbonyl (C=O) groups excluding carboxylic acids is 1. The molecule has 3 heterocycles. The fourth-order valence-corrected chi connectivity index (χ4v) is 2.95. The normalized spacial score (nSPS) is 21.8. The zero-order chi connectivity index (χ0) is 14.7. The Hall–Kier alpha value is -1.69. The second-order valence-corrected chi connectivity index (χ2v) is 5.36. The van der Waals surface area contributed by atoms with Gasteiger partial charge >= 0.3 is 0 Å². The smallest absolute Gasteiger partial charge is 0.251 e. The van der Waals surface area contributed by atoms with Crippen LogP contribution in [0.4, 0.5) is 0 Å². The number of fused-ring (bicyclic) bond motifs is 1. The molecule has 6 heteroatoms. The molecule has 1 atom stereocenters. The molecule has 0 radical (unpaired) electrons. The molecule has 1 amide bonds. The average Bonchev–Trinajstić information content (AvgIpc) is 2.94. The van der Waals surface area contributed by atoms with Crippen molar-refractivity contribution in [2.24, 2.45) is 0 Å². The highest BCUT2D eigenvalue weighted by Crippen LogP contribution is 2.23. The first-order valence-electron chi connectivity index (χ1n) is 7.65. The van der Waals surface area contributed by atoms with Crippen LogP contribution < -0.4 is 4.74 Å². The van der Waals surface area contributed by atoms with Crippen molar-refractivity contribution in [2.45, 2.75) is 38.7 Å². The predicted octanol–water partition coefficient (Wildman–Crippen LogP) is 0.981. The molecule has 21 heavy (non-hydrogen) atoms. The van der Waals surface area contributed by atoms with E-state index >= 15 is 0 Å². The molecule has 0 bridgehead atoms. The van der Waals surface area contributed by atoms with Crippen molar-refractivity contribution in [3.8, 4) is 5.88 Å². The summed E-state index contributed by atoms with van der Waals surface area (Å²) >= 11 is 0. The van der Waals surface area contributed by atoms with Gasteiger partial charge in [-0.15, -0.1) is 0 Å². The Morgan fingerprint density at radius 2 is 2.29 bits per heavy atom. The Kier molecular flexibility index (Phi) is 4.34. The van der Waals surface area contributed by atoms with Crippen molar-refractivity contribution in [2.75, 3.05) is 26.3 Å². The molecule has 0 saturated carbocycles. The second-order valence-electron chi connectivity index (χ2n) is 5.36. The summed E-state index contributed by atoms with van der Waals surface area (Å²) in [5.41, 5.74) is 2.04. The van der Waals surface area contributed by atoms with Crippen LogP contribution in [0.25, 0.3) is 0 Å². The minimum atomic E-state index is -0.247. The second kappa shape index (κ2) is 6.39. The molecular weight excluding hydrogens is 270 g/mol. The minimum absolute atomic E-state index is 0.117. The van der Waals surface area contributed by atoms with E-state index in [1.165, 1.54) is 0 Å². The highest BCUT2D eigenvalue weighted by atomic mass is 16.5. The van der Waals surface area contributed by atoms with E-state index < -0.39 is 0 Å². The Morgan fingerprint density at radius 1 is 1.43 bits per heavy atom. The van der Waals surface area contributed by atoms with Gasteiger partial charge in [-0.1, -0.05) is 0 Å². The number of rotatable bonds is 3. The van der Waals surface area contributed by atoms with E-state index in [9.17, 15) is 4.79 Å². The minimum Gasteiger partial charge on any atom is -0.478 e. The molecule has 2 aliphatic rings. The molecule has 6 nitrogen and oxygen atoms in total. The number of aromatic nitrogens is 2. The molecule has 114 valence electrons. The van der Waals surface area contributed by atoms with Crippen LogP contribution in [0.3, 0.4) is 0 Å². The number of ether oxygens (including phenoxy) is 2. The van der Waals surface area contributed by atoms with Gasteiger partial charge in [0.2, 0.25) is 5.88 Å². The van der Waals surface area contributed by atoms with Crippen molar-refractivity contribution >= 4 is 5.91 Å². The summed E-state index contributed by atoms with van der Waals surface area (Å²) in [6.07, 6.45) is 4.60. The standard InChI is InChI=1S/C15H21N3O3/c1-2-20-14-11-5-7-18(8-6-12(11)16-10-17-14)15(19)13-4-3-9-21-13/h10,13H,2-9H2,1H3/t13-/m1/s1. The summed E-state index contributed by atoms with van der Waals surface area (Å²) in [5, 5.41) is 0. The van der Waals surface area contributed by atoms with Gasteiger partial charge in [-0.2, -0.15) is 0 Å². The first-order chi connectivity index (χ1) is 10.3. The molecule has 0 N–H and O–H groups in total. The van der Waals surface area contributed by atoms with E-state index in [0.29, 0.717) is 32.2 Å². The summed E-state index contributed by atoms with van der Waals surface area (Å²) in [6.45, 7) is 4.60. The maximum Gasteiger partial charge on any atom is 0.251 e. The molecular formula is C15H21N3O3. The SMILES string of the molecule is CCOc1ncnc2c1CCN(C(=O)[C@H]1CCCO1)CC2. The van der Waals surface area contributed by atoms with E-state index in [0.717, 1.165) is 36.9 Å². The maximum absolute atomic E-state index is 12.4. The quantitative estimate of drug-likeness (QED) is 0.830. The number of carbonyl (C=O) groups is 1. The van der Waals surface area contributed by atoms with E-state index in [1.54, 1.807) is 6.33 Å². The van der Waals surface area contributed by atoms with Crippen LogP contribution in [-0.2, 0) is 22.4 Å². The summed E-state index contributed by atoms with van der Waals surface area (Å²) < 4.78 is 11.1. The maximum atomic E-state index is 12.4. The van der Waals surface area contributed by atoms with Gasteiger partial charge in [-0.25, -0.2) is 9.97 Å². The van der Waals surface area contributed by atoms with Crippen LogP contribution >= 0.6 is 0 Å². The highest BCUT2D eigenvalue weighted by molar-refractivity contribution is 5.81. The topological polar surface area (TPSA) is 64.6 Å². The summed E-state index contributed by atoms with van der Waals surface area (Å²) in [5.74, 6) is 0.778. The van der Waals surface area contributed by atoms with Crippen LogP contribution in [0.15, 0.2) is 6.33 Å². The van der Waals surface area contributed by atoms with Crippen LogP contribution in [0, 0.1) is 0 Å². The third-order valence-corrected chi connectivity index (χ3v) is 4.04. The molecule has 1 fully saturated rings. The average molecular weight is 291 g/mol. The molecule has 1 saturated heterocycles. The Balaban J connectivity index is 1.72. The van der Waals surface area contributed by atoms with Gasteiger partial charge in [0.15, 0.2) is 0 Å². The fraction of sp³-hybridized carbons (Fsp3) is 0.667. The van der Waals surface area contributed by atoms with Gasteiger partial charge in [-0.05, 0) is 26.2 Å². The van der Waals surface area contributed by atoms with Crippen molar-refractivity contribution in [3.05, 3.63) is 17.6 Å². The summed E-state index contributed by atoms with van der Waals surface area (Å²) in [4.78, 5) is 22.9. The lowest BCUT2D eigenvalue weighted by molar-refractivity contribution is -0.140. The number of hydrogen-bond donors (Lipinski definition) is 0. The van der Waals surface area contributed by atoms with Gasteiger partial charge in [0.1, 0.15) is 12.4 Å². The number of hydrogen-bond acceptors (Lipinski definition) is 5. The molecule has 1 aromatic heterocycles. The Morgan fingerprint density at radius 3 is 3.05 bits per heavy atom. The monoisotopic (exact) mass is 291 g/mol. The van der Waals surface area contributed by atoms with Gasteiger partial charge in [-0.3, -0.25) is 4.79 Å². The van der Waals surface area contributed by atoms with Crippen molar-refractivity contribution in [1.82, 2.24) is 14.9 Å². The zero-order valence-electron chi connectivity index (χ0n) is 12.4. The molecule has 0 aromatic carbocycles. The molecule has 0 spiro atoms. The van der Waals surface area contributed by atoms with Gasteiger partial charge in [0.05, 0.1) is 12.3 Å². The van der Waals surface area contributed by atoms with Crippen LogP contribution in [0.1, 0.15) is 31.0 Å². The van der Waals surface area contributed by atoms with E-state index in [-0.39, 0.29) is 12.0 Å². The third kappa shape index (κ3) is 3.00. The molecule has 3 rings (SSSR count). The molecule has 1 aromatic rings. The van der Waals surface area contributed by atoms with Crippen molar-refractivity contribution in [3.63, 3.8) is 0 Å². The Labute approximate surface area is 124 Å². The van der Waals surface area contributed by atoms with Crippen molar-refractivity contribution in [1.29, 1.82) is 0 Å². The highest BCUT2D eigenvalue weighted by Gasteiger charge is 2.30. The van der Waals surface area contributed by atoms with Gasteiger partial charge < -0.3 is 14.4 Å². The van der Waals surface area contributed by atoms with Crippen LogP contribution in [-0.4, -0.2) is 53.2 Å². The number of amides is 1. The fourth-order valence-electron chi connectivity index (χ4n) is 2.95. The number of nitrogens with zero attached hydrogens (tertiary/aromatic N) is 3. The molecule has 2 aliphatic heterocycles. The van der Waals surface area contributed by atoms with E-state index in [4.69, 9.17) is 9.47 Å². The Bertz CT molecular complexity index is 515. The first kappa shape index (κ1) is 14.3. The predicted molar refractivity (Wildman–Crippen MR) is 76.2 cm³/mol. The summed E-state index contributed by atoms with van der Waals surface area (Å²) in [6, 6.07) is 0. The largest absolute Gasteiger partial charge is 0.478 e. The van der Waals surface area contributed by atoms with Crippen molar-refractivity contribution < 1.29 is 14.3 Å². The lowest BCUT2D eigenvalue weighted by Crippen LogP contribution is -2.40. The molecule has 0 unspecified atom stereocenters.